The summed E-state index contributed by atoms with van der Waals surface area (Å²) < 4.78 is 18.1. The quantitative estimate of drug-likeness (QED) is 0.800. The van der Waals surface area contributed by atoms with Crippen molar-refractivity contribution in [1.82, 2.24) is 9.55 Å². The molecule has 1 aromatic carbocycles. The Morgan fingerprint density at radius 2 is 2.24 bits per heavy atom. The van der Waals surface area contributed by atoms with Crippen molar-refractivity contribution >= 4 is 12.0 Å². The lowest BCUT2D eigenvalue weighted by Crippen LogP contribution is -2.15. The number of rotatable bonds is 4. The molecule has 1 aromatic heterocycles. The second-order valence-electron chi connectivity index (χ2n) is 5.93. The van der Waals surface area contributed by atoms with Crippen molar-refractivity contribution in [2.75, 3.05) is 20.8 Å². The van der Waals surface area contributed by atoms with E-state index in [9.17, 15) is 4.79 Å². The topological polar surface area (TPSA) is 62.6 Å². The van der Waals surface area contributed by atoms with E-state index < -0.39 is 5.97 Å². The number of benzene rings is 1. The predicted octanol–water partition coefficient (Wildman–Crippen LogP) is 2.95. The number of methoxy groups -OCH3 is 2. The van der Waals surface area contributed by atoms with E-state index >= 15 is 0 Å². The van der Waals surface area contributed by atoms with Gasteiger partial charge in [0.2, 0.25) is 0 Å². The van der Waals surface area contributed by atoms with Crippen LogP contribution in [-0.2, 0) is 22.4 Å². The molecule has 25 heavy (non-hydrogen) atoms. The Balaban J connectivity index is 2.17. The average Bonchev–Trinajstić information content (AvgIpc) is 2.87. The molecule has 1 atom stereocenters. The summed E-state index contributed by atoms with van der Waals surface area (Å²) in [6.45, 7) is 6.98. The van der Waals surface area contributed by atoms with Gasteiger partial charge in [-0.1, -0.05) is 24.8 Å². The second-order valence-corrected chi connectivity index (χ2v) is 5.93. The van der Waals surface area contributed by atoms with Crippen LogP contribution in [0.25, 0.3) is 17.5 Å². The maximum absolute atomic E-state index is 12.2. The molecule has 6 heteroatoms. The molecule has 0 spiro atoms. The highest BCUT2D eigenvalue weighted by Crippen LogP contribution is 2.30. The summed E-state index contributed by atoms with van der Waals surface area (Å²) in [4.78, 5) is 16.8. The van der Waals surface area contributed by atoms with E-state index in [2.05, 4.69) is 11.6 Å². The summed E-state index contributed by atoms with van der Waals surface area (Å²) >= 11 is 0. The van der Waals surface area contributed by atoms with E-state index in [1.807, 2.05) is 29.7 Å². The number of nitrogens with zero attached hydrogens (tertiary/aromatic N) is 2. The van der Waals surface area contributed by atoms with Crippen LogP contribution < -0.4 is 4.74 Å². The van der Waals surface area contributed by atoms with Gasteiger partial charge in [-0.2, -0.15) is 0 Å². The third kappa shape index (κ3) is 3.17. The molecule has 0 bridgehead atoms. The molecule has 0 saturated carbocycles. The number of aromatic nitrogens is 2. The van der Waals surface area contributed by atoms with Crippen molar-refractivity contribution in [2.45, 2.75) is 26.0 Å². The van der Waals surface area contributed by atoms with Crippen molar-refractivity contribution in [3.63, 3.8) is 0 Å². The van der Waals surface area contributed by atoms with Crippen molar-refractivity contribution in [2.24, 2.45) is 0 Å². The van der Waals surface area contributed by atoms with E-state index in [-0.39, 0.29) is 6.10 Å². The molecular weight excluding hydrogens is 320 g/mol. The maximum atomic E-state index is 12.2. The van der Waals surface area contributed by atoms with Gasteiger partial charge in [0.1, 0.15) is 11.6 Å². The van der Waals surface area contributed by atoms with Gasteiger partial charge in [-0.15, -0.1) is 0 Å². The van der Waals surface area contributed by atoms with Crippen LogP contribution in [0.5, 0.6) is 5.75 Å². The molecule has 0 fully saturated rings. The lowest BCUT2D eigenvalue weighted by Gasteiger charge is -2.14. The third-order valence-corrected chi connectivity index (χ3v) is 4.34. The first kappa shape index (κ1) is 17.2. The fourth-order valence-electron chi connectivity index (χ4n) is 3.10. The summed E-state index contributed by atoms with van der Waals surface area (Å²) in [5.74, 6) is 0.989. The van der Waals surface area contributed by atoms with Crippen LogP contribution in [0.15, 0.2) is 24.8 Å². The van der Waals surface area contributed by atoms with Gasteiger partial charge in [0.25, 0.3) is 0 Å². The molecule has 1 aliphatic heterocycles. The molecule has 1 aliphatic rings. The predicted molar refractivity (Wildman–Crippen MR) is 94.8 cm³/mol. The van der Waals surface area contributed by atoms with Crippen molar-refractivity contribution in [3.8, 4) is 17.1 Å². The van der Waals surface area contributed by atoms with Crippen molar-refractivity contribution in [3.05, 3.63) is 41.7 Å². The minimum absolute atomic E-state index is 0.0361. The molecule has 6 nitrogen and oxygen atoms in total. The summed E-state index contributed by atoms with van der Waals surface area (Å²) in [7, 11) is 2.99. The number of carbonyl (C=O) groups excluding carboxylic acids is 1. The van der Waals surface area contributed by atoms with Crippen molar-refractivity contribution < 1.29 is 19.0 Å². The van der Waals surface area contributed by atoms with Crippen LogP contribution >= 0.6 is 0 Å². The summed E-state index contributed by atoms with van der Waals surface area (Å²) in [6, 6.07) is 5.79. The van der Waals surface area contributed by atoms with Crippen LogP contribution in [0.1, 0.15) is 28.7 Å². The van der Waals surface area contributed by atoms with E-state index in [0.717, 1.165) is 16.8 Å². The zero-order valence-corrected chi connectivity index (χ0v) is 14.7. The normalized spacial score (nSPS) is 16.7. The molecule has 0 radical (unpaired) electrons. The van der Waals surface area contributed by atoms with E-state index in [1.165, 1.54) is 7.11 Å². The number of imidazole rings is 1. The van der Waals surface area contributed by atoms with E-state index in [0.29, 0.717) is 36.8 Å². The highest BCUT2D eigenvalue weighted by molar-refractivity contribution is 5.89. The summed E-state index contributed by atoms with van der Waals surface area (Å²) in [5.41, 5.74) is 2.96. The lowest BCUT2D eigenvalue weighted by atomic mass is 10.1. The van der Waals surface area contributed by atoms with Gasteiger partial charge in [0, 0.05) is 17.5 Å². The number of carbonyl (C=O) groups is 1. The van der Waals surface area contributed by atoms with E-state index in [1.54, 1.807) is 13.2 Å². The Kier molecular flexibility index (Phi) is 4.90. The van der Waals surface area contributed by atoms with Gasteiger partial charge in [-0.3, -0.25) is 0 Å². The number of esters is 1. The van der Waals surface area contributed by atoms with Crippen LogP contribution in [-0.4, -0.2) is 42.5 Å². The van der Waals surface area contributed by atoms with Gasteiger partial charge >= 0.3 is 5.97 Å². The van der Waals surface area contributed by atoms with Crippen LogP contribution in [0.2, 0.25) is 0 Å². The molecule has 132 valence electrons. The number of hydrogen-bond donors (Lipinski definition) is 0. The Morgan fingerprint density at radius 1 is 1.44 bits per heavy atom. The van der Waals surface area contributed by atoms with Gasteiger partial charge in [0.15, 0.2) is 5.69 Å². The van der Waals surface area contributed by atoms with Crippen LogP contribution in [0.3, 0.4) is 0 Å². The lowest BCUT2D eigenvalue weighted by molar-refractivity contribution is 0.0591. The molecule has 0 N–H and O–H groups in total. The Morgan fingerprint density at radius 3 is 2.92 bits per heavy atom. The van der Waals surface area contributed by atoms with Gasteiger partial charge in [-0.05, 0) is 13.0 Å². The Hall–Kier alpha value is -2.60. The minimum Gasteiger partial charge on any atom is -0.496 e. The fourth-order valence-corrected chi connectivity index (χ4v) is 3.10. The summed E-state index contributed by atoms with van der Waals surface area (Å²) in [5, 5.41) is 0. The highest BCUT2D eigenvalue weighted by atomic mass is 16.5. The summed E-state index contributed by atoms with van der Waals surface area (Å²) in [6.07, 6.45) is 2.39. The molecule has 0 unspecified atom stereocenters. The molecule has 2 heterocycles. The minimum atomic E-state index is -0.431. The average molecular weight is 342 g/mol. The number of fused-ring (bicyclic) bond motifs is 1. The zero-order chi connectivity index (χ0) is 18.0. The fraction of sp³-hybridized carbons (Fsp3) is 0.368. The first-order valence-corrected chi connectivity index (χ1v) is 8.19. The maximum Gasteiger partial charge on any atom is 0.358 e. The van der Waals surface area contributed by atoms with Crippen LogP contribution in [0.4, 0.5) is 0 Å². The molecular formula is C19H22N2O4. The molecule has 0 amide bonds. The molecule has 0 aliphatic carbocycles. The number of ether oxygens (including phenoxy) is 3. The van der Waals surface area contributed by atoms with Crippen LogP contribution in [0, 0.1) is 0 Å². The monoisotopic (exact) mass is 342 g/mol. The second kappa shape index (κ2) is 7.11. The molecule has 3 rings (SSSR count). The largest absolute Gasteiger partial charge is 0.496 e. The Labute approximate surface area is 147 Å². The molecule has 0 saturated heterocycles. The van der Waals surface area contributed by atoms with Gasteiger partial charge in [0.05, 0.1) is 39.2 Å². The Bertz CT molecular complexity index is 810. The first-order chi connectivity index (χ1) is 12.1. The first-order valence-electron chi connectivity index (χ1n) is 8.19. The van der Waals surface area contributed by atoms with Gasteiger partial charge < -0.3 is 18.8 Å². The molecule has 2 aromatic rings. The van der Waals surface area contributed by atoms with Gasteiger partial charge in [-0.25, -0.2) is 9.78 Å². The van der Waals surface area contributed by atoms with Crippen molar-refractivity contribution in [1.29, 1.82) is 0 Å². The third-order valence-electron chi connectivity index (χ3n) is 4.34. The zero-order valence-electron chi connectivity index (χ0n) is 14.7. The SMILES string of the molecule is C=Cc1ccc(-c2nc(C(=O)OC)c3n2C[C@@H](C)OCC3)cc1OC. The van der Waals surface area contributed by atoms with E-state index in [4.69, 9.17) is 14.2 Å². The standard InChI is InChI=1S/C19H22N2O4/c1-5-13-6-7-14(10-16(13)23-3)18-20-17(19(22)24-4)15-8-9-25-12(2)11-21(15)18/h5-7,10,12H,1,8-9,11H2,2-4H3/t12-/m1/s1. The smallest absolute Gasteiger partial charge is 0.358 e. The number of hydrogen-bond acceptors (Lipinski definition) is 5. The highest BCUT2D eigenvalue weighted by Gasteiger charge is 2.27.